The maximum atomic E-state index is 12.2. The summed E-state index contributed by atoms with van der Waals surface area (Å²) >= 11 is 0. The van der Waals surface area contributed by atoms with Crippen molar-refractivity contribution in [2.24, 2.45) is 5.92 Å². The lowest BCUT2D eigenvalue weighted by atomic mass is 10.2. The molecule has 1 aromatic carbocycles. The summed E-state index contributed by atoms with van der Waals surface area (Å²) in [4.78, 5) is 14.6. The fourth-order valence-corrected chi connectivity index (χ4v) is 4.37. The first-order valence-corrected chi connectivity index (χ1v) is 10.5. The molecule has 1 aromatic rings. The summed E-state index contributed by atoms with van der Waals surface area (Å²) in [6, 6.07) is 7.40. The molecule has 6 nitrogen and oxygen atoms in total. The molecule has 0 radical (unpaired) electrons. The quantitative estimate of drug-likeness (QED) is 0.736. The smallest absolute Gasteiger partial charge is 0.233 e. The summed E-state index contributed by atoms with van der Waals surface area (Å²) in [5.74, 6) is -1.06. The number of rotatable bonds is 8. The van der Waals surface area contributed by atoms with Gasteiger partial charge in [-0.1, -0.05) is 24.6 Å². The standard InChI is InChI=1S/C18H29N3O3S/c1-14-6-8-17(9-7-14)20-25(23,24)13-15(2)18(22)19-12-16(3)21-10-4-5-11-21/h6-9,15-16,20H,4-5,10-13H2,1-3H3,(H,19,22). The van der Waals surface area contributed by atoms with Gasteiger partial charge in [-0.15, -0.1) is 0 Å². The van der Waals surface area contributed by atoms with Gasteiger partial charge in [0.15, 0.2) is 0 Å². The number of amides is 1. The normalized spacial score (nSPS) is 17.9. The van der Waals surface area contributed by atoms with E-state index in [1.807, 2.05) is 19.1 Å². The summed E-state index contributed by atoms with van der Waals surface area (Å²) in [5, 5.41) is 2.88. The van der Waals surface area contributed by atoms with Crippen LogP contribution in [0.25, 0.3) is 0 Å². The number of nitrogens with one attached hydrogen (secondary N) is 2. The molecule has 1 heterocycles. The molecule has 1 aliphatic heterocycles. The van der Waals surface area contributed by atoms with E-state index in [0.29, 0.717) is 12.2 Å². The summed E-state index contributed by atoms with van der Waals surface area (Å²) in [5.41, 5.74) is 1.57. The number of carbonyl (C=O) groups is 1. The molecule has 140 valence electrons. The van der Waals surface area contributed by atoms with Gasteiger partial charge in [-0.2, -0.15) is 0 Å². The minimum atomic E-state index is -3.57. The first-order valence-electron chi connectivity index (χ1n) is 8.86. The van der Waals surface area contributed by atoms with Crippen molar-refractivity contribution in [1.29, 1.82) is 0 Å². The number of hydrogen-bond donors (Lipinski definition) is 2. The van der Waals surface area contributed by atoms with Gasteiger partial charge in [0.2, 0.25) is 15.9 Å². The molecule has 0 aliphatic carbocycles. The predicted octanol–water partition coefficient (Wildman–Crippen LogP) is 1.97. The lowest BCUT2D eigenvalue weighted by Crippen LogP contribution is -2.43. The largest absolute Gasteiger partial charge is 0.354 e. The highest BCUT2D eigenvalue weighted by Gasteiger charge is 2.23. The minimum absolute atomic E-state index is 0.222. The van der Waals surface area contributed by atoms with Gasteiger partial charge in [-0.3, -0.25) is 14.4 Å². The van der Waals surface area contributed by atoms with Gasteiger partial charge >= 0.3 is 0 Å². The third-order valence-electron chi connectivity index (χ3n) is 4.58. The second-order valence-electron chi connectivity index (χ2n) is 6.99. The molecule has 0 bridgehead atoms. The lowest BCUT2D eigenvalue weighted by molar-refractivity contribution is -0.124. The van der Waals surface area contributed by atoms with Gasteiger partial charge in [0.25, 0.3) is 0 Å². The number of aryl methyl sites for hydroxylation is 1. The molecular formula is C18H29N3O3S. The second-order valence-corrected chi connectivity index (χ2v) is 8.75. The molecule has 1 saturated heterocycles. The number of anilines is 1. The maximum Gasteiger partial charge on any atom is 0.233 e. The molecule has 7 heteroatoms. The van der Waals surface area contributed by atoms with Crippen LogP contribution in [-0.2, 0) is 14.8 Å². The van der Waals surface area contributed by atoms with E-state index in [9.17, 15) is 13.2 Å². The van der Waals surface area contributed by atoms with Crippen LogP contribution in [0.3, 0.4) is 0 Å². The molecule has 1 fully saturated rings. The van der Waals surface area contributed by atoms with Crippen LogP contribution in [0.2, 0.25) is 0 Å². The van der Waals surface area contributed by atoms with Crippen LogP contribution in [0.5, 0.6) is 0 Å². The van der Waals surface area contributed by atoms with Crippen LogP contribution in [0, 0.1) is 12.8 Å². The monoisotopic (exact) mass is 367 g/mol. The Morgan fingerprint density at radius 2 is 1.76 bits per heavy atom. The average molecular weight is 368 g/mol. The minimum Gasteiger partial charge on any atom is -0.354 e. The Morgan fingerprint density at radius 1 is 1.16 bits per heavy atom. The topological polar surface area (TPSA) is 78.5 Å². The van der Waals surface area contributed by atoms with E-state index in [1.165, 1.54) is 12.8 Å². The number of hydrogen-bond acceptors (Lipinski definition) is 4. The predicted molar refractivity (Wildman–Crippen MR) is 101 cm³/mol. The second kappa shape index (κ2) is 8.67. The van der Waals surface area contributed by atoms with Gasteiger partial charge in [-0.05, 0) is 51.9 Å². The van der Waals surface area contributed by atoms with Gasteiger partial charge in [-0.25, -0.2) is 8.42 Å². The number of carbonyl (C=O) groups excluding carboxylic acids is 1. The van der Waals surface area contributed by atoms with Gasteiger partial charge in [0.05, 0.1) is 11.7 Å². The Labute approximate surface area is 151 Å². The molecule has 2 rings (SSSR count). The van der Waals surface area contributed by atoms with Crippen LogP contribution < -0.4 is 10.0 Å². The van der Waals surface area contributed by atoms with E-state index >= 15 is 0 Å². The molecule has 2 atom stereocenters. The van der Waals surface area contributed by atoms with Gasteiger partial charge in [0, 0.05) is 18.3 Å². The van der Waals surface area contributed by atoms with Crippen LogP contribution in [-0.4, -0.2) is 50.7 Å². The number of likely N-dealkylation sites (tertiary alicyclic amines) is 1. The summed E-state index contributed by atoms with van der Waals surface area (Å²) in [7, 11) is -3.57. The first-order chi connectivity index (χ1) is 11.8. The van der Waals surface area contributed by atoms with E-state index in [2.05, 4.69) is 21.9 Å². The van der Waals surface area contributed by atoms with Crippen molar-refractivity contribution < 1.29 is 13.2 Å². The molecule has 0 spiro atoms. The Hall–Kier alpha value is -1.60. The van der Waals surface area contributed by atoms with Gasteiger partial charge in [0.1, 0.15) is 0 Å². The summed E-state index contributed by atoms with van der Waals surface area (Å²) in [6.07, 6.45) is 2.41. The molecule has 1 amide bonds. The van der Waals surface area contributed by atoms with Crippen molar-refractivity contribution in [2.45, 2.75) is 39.7 Å². The Balaban J connectivity index is 1.81. The van der Waals surface area contributed by atoms with E-state index in [-0.39, 0.29) is 17.7 Å². The first kappa shape index (κ1) is 19.7. The number of nitrogens with zero attached hydrogens (tertiary/aromatic N) is 1. The molecule has 2 unspecified atom stereocenters. The Kier molecular flexibility index (Phi) is 6.84. The summed E-state index contributed by atoms with van der Waals surface area (Å²) < 4.78 is 27.0. The highest BCUT2D eigenvalue weighted by Crippen LogP contribution is 2.13. The SMILES string of the molecule is Cc1ccc(NS(=O)(=O)CC(C)C(=O)NCC(C)N2CCCC2)cc1. The van der Waals surface area contributed by atoms with Crippen molar-refractivity contribution in [3.8, 4) is 0 Å². The lowest BCUT2D eigenvalue weighted by Gasteiger charge is -2.24. The third-order valence-corrected chi connectivity index (χ3v) is 6.06. The van der Waals surface area contributed by atoms with Crippen molar-refractivity contribution in [1.82, 2.24) is 10.2 Å². The fraction of sp³-hybridized carbons (Fsp3) is 0.611. The molecule has 0 aromatic heterocycles. The van der Waals surface area contributed by atoms with Crippen molar-refractivity contribution in [3.63, 3.8) is 0 Å². The van der Waals surface area contributed by atoms with E-state index < -0.39 is 15.9 Å². The highest BCUT2D eigenvalue weighted by molar-refractivity contribution is 7.92. The summed E-state index contributed by atoms with van der Waals surface area (Å²) in [6.45, 7) is 8.36. The van der Waals surface area contributed by atoms with Crippen molar-refractivity contribution in [3.05, 3.63) is 29.8 Å². The third kappa shape index (κ3) is 6.32. The zero-order chi connectivity index (χ0) is 18.4. The highest BCUT2D eigenvalue weighted by atomic mass is 32.2. The number of sulfonamides is 1. The molecule has 25 heavy (non-hydrogen) atoms. The van der Waals surface area contributed by atoms with Crippen LogP contribution >= 0.6 is 0 Å². The average Bonchev–Trinajstić information content (AvgIpc) is 3.08. The number of benzene rings is 1. The molecular weight excluding hydrogens is 338 g/mol. The van der Waals surface area contributed by atoms with Crippen LogP contribution in [0.4, 0.5) is 5.69 Å². The maximum absolute atomic E-state index is 12.2. The van der Waals surface area contributed by atoms with Crippen molar-refractivity contribution in [2.75, 3.05) is 30.1 Å². The van der Waals surface area contributed by atoms with Crippen LogP contribution in [0.1, 0.15) is 32.3 Å². The fourth-order valence-electron chi connectivity index (χ4n) is 2.98. The Bertz CT molecular complexity index is 667. The zero-order valence-corrected chi connectivity index (χ0v) is 16.1. The van der Waals surface area contributed by atoms with Gasteiger partial charge < -0.3 is 5.32 Å². The zero-order valence-electron chi connectivity index (χ0n) is 15.3. The van der Waals surface area contributed by atoms with E-state index in [1.54, 1.807) is 19.1 Å². The molecule has 2 N–H and O–H groups in total. The Morgan fingerprint density at radius 3 is 2.36 bits per heavy atom. The van der Waals surface area contributed by atoms with Crippen LogP contribution in [0.15, 0.2) is 24.3 Å². The van der Waals surface area contributed by atoms with Crippen molar-refractivity contribution >= 4 is 21.6 Å². The van der Waals surface area contributed by atoms with E-state index in [4.69, 9.17) is 0 Å². The molecule has 1 aliphatic rings. The molecule has 0 saturated carbocycles. The van der Waals surface area contributed by atoms with E-state index in [0.717, 1.165) is 18.7 Å².